The van der Waals surface area contributed by atoms with E-state index < -0.39 is 10.0 Å². The summed E-state index contributed by atoms with van der Waals surface area (Å²) in [4.78, 5) is 4.34. The standard InChI is InChI=1S/C15H19N3O2S/c1-3-16-15-12-14(10-11-17-15)21(19,20)18(4-2)13-8-6-5-7-9-13/h5-12H,3-4H2,1-2H3,(H,16,17). The van der Waals surface area contributed by atoms with E-state index in [1.807, 2.05) is 32.0 Å². The van der Waals surface area contributed by atoms with Crippen LogP contribution in [0.1, 0.15) is 13.8 Å². The van der Waals surface area contributed by atoms with Crippen LogP contribution in [0.5, 0.6) is 0 Å². The average Bonchev–Trinajstić information content (AvgIpc) is 2.49. The van der Waals surface area contributed by atoms with Gasteiger partial charge in [0.25, 0.3) is 10.0 Å². The lowest BCUT2D eigenvalue weighted by Crippen LogP contribution is -2.30. The van der Waals surface area contributed by atoms with E-state index in [9.17, 15) is 8.42 Å². The van der Waals surface area contributed by atoms with Crippen molar-refractivity contribution in [3.8, 4) is 0 Å². The molecule has 0 aliphatic heterocycles. The summed E-state index contributed by atoms with van der Waals surface area (Å²) in [7, 11) is -3.59. The van der Waals surface area contributed by atoms with Crippen LogP contribution in [0.4, 0.5) is 11.5 Å². The Kier molecular flexibility index (Phi) is 4.80. The molecule has 0 atom stereocenters. The van der Waals surface area contributed by atoms with Crippen molar-refractivity contribution in [1.82, 2.24) is 4.98 Å². The van der Waals surface area contributed by atoms with Crippen LogP contribution < -0.4 is 9.62 Å². The number of aromatic nitrogens is 1. The van der Waals surface area contributed by atoms with Crippen molar-refractivity contribution in [3.05, 3.63) is 48.7 Å². The number of pyridine rings is 1. The van der Waals surface area contributed by atoms with Gasteiger partial charge in [-0.2, -0.15) is 0 Å². The maximum atomic E-state index is 12.8. The van der Waals surface area contributed by atoms with Crippen molar-refractivity contribution in [2.45, 2.75) is 18.7 Å². The number of para-hydroxylation sites is 1. The zero-order valence-corrected chi connectivity index (χ0v) is 13.0. The van der Waals surface area contributed by atoms with Crippen molar-refractivity contribution >= 4 is 21.5 Å². The number of hydrogen-bond donors (Lipinski definition) is 1. The fraction of sp³-hybridized carbons (Fsp3) is 0.267. The maximum absolute atomic E-state index is 12.8. The van der Waals surface area contributed by atoms with Crippen molar-refractivity contribution < 1.29 is 8.42 Å². The minimum Gasteiger partial charge on any atom is -0.370 e. The van der Waals surface area contributed by atoms with Crippen LogP contribution in [-0.4, -0.2) is 26.5 Å². The van der Waals surface area contributed by atoms with E-state index >= 15 is 0 Å². The van der Waals surface area contributed by atoms with Gasteiger partial charge in [-0.3, -0.25) is 4.31 Å². The average molecular weight is 305 g/mol. The second-order valence-corrected chi connectivity index (χ2v) is 6.27. The Morgan fingerprint density at radius 1 is 1.14 bits per heavy atom. The zero-order valence-electron chi connectivity index (χ0n) is 12.2. The van der Waals surface area contributed by atoms with Gasteiger partial charge in [0.05, 0.1) is 10.6 Å². The molecule has 2 rings (SSSR count). The van der Waals surface area contributed by atoms with Crippen LogP contribution in [0.3, 0.4) is 0 Å². The smallest absolute Gasteiger partial charge is 0.264 e. The Morgan fingerprint density at radius 3 is 2.48 bits per heavy atom. The second-order valence-electron chi connectivity index (χ2n) is 4.41. The number of rotatable bonds is 6. The Balaban J connectivity index is 2.42. The van der Waals surface area contributed by atoms with Gasteiger partial charge in [-0.25, -0.2) is 13.4 Å². The number of hydrogen-bond acceptors (Lipinski definition) is 4. The normalized spacial score (nSPS) is 11.1. The highest BCUT2D eigenvalue weighted by Gasteiger charge is 2.23. The van der Waals surface area contributed by atoms with Gasteiger partial charge in [-0.05, 0) is 32.0 Å². The van der Waals surface area contributed by atoms with Gasteiger partial charge in [0.1, 0.15) is 5.82 Å². The molecule has 5 nitrogen and oxygen atoms in total. The summed E-state index contributed by atoms with van der Waals surface area (Å²) in [5.41, 5.74) is 0.654. The number of benzene rings is 1. The second kappa shape index (κ2) is 6.58. The molecule has 0 spiro atoms. The van der Waals surface area contributed by atoms with Crippen molar-refractivity contribution in [2.75, 3.05) is 22.7 Å². The van der Waals surface area contributed by atoms with E-state index in [-0.39, 0.29) is 4.90 Å². The molecule has 0 bridgehead atoms. The van der Waals surface area contributed by atoms with Gasteiger partial charge >= 0.3 is 0 Å². The zero-order chi connectivity index (χ0) is 15.3. The Labute approximate surface area is 125 Å². The predicted octanol–water partition coefficient (Wildman–Crippen LogP) is 2.73. The van der Waals surface area contributed by atoms with Crippen LogP contribution in [0.15, 0.2) is 53.6 Å². The first-order valence-electron chi connectivity index (χ1n) is 6.87. The number of nitrogens with one attached hydrogen (secondary N) is 1. The number of sulfonamides is 1. The molecule has 0 radical (unpaired) electrons. The third-order valence-electron chi connectivity index (χ3n) is 3.01. The van der Waals surface area contributed by atoms with Crippen LogP contribution >= 0.6 is 0 Å². The molecule has 1 aromatic carbocycles. The fourth-order valence-corrected chi connectivity index (χ4v) is 3.55. The molecule has 0 saturated carbocycles. The molecule has 1 N–H and O–H groups in total. The lowest BCUT2D eigenvalue weighted by molar-refractivity contribution is 0.591. The minimum absolute atomic E-state index is 0.235. The molecule has 0 fully saturated rings. The quantitative estimate of drug-likeness (QED) is 0.891. The SMILES string of the molecule is CCNc1cc(S(=O)(=O)N(CC)c2ccccc2)ccn1. The van der Waals surface area contributed by atoms with Crippen LogP contribution in [0.25, 0.3) is 0 Å². The molecular formula is C15H19N3O2S. The molecule has 1 aromatic heterocycles. The van der Waals surface area contributed by atoms with Crippen LogP contribution in [0.2, 0.25) is 0 Å². The highest BCUT2D eigenvalue weighted by Crippen LogP contribution is 2.24. The molecule has 2 aromatic rings. The Bertz CT molecular complexity index is 687. The summed E-state index contributed by atoms with van der Waals surface area (Å²) in [5, 5.41) is 3.02. The van der Waals surface area contributed by atoms with E-state index in [1.165, 1.54) is 16.6 Å². The van der Waals surface area contributed by atoms with E-state index in [1.54, 1.807) is 18.2 Å². The van der Waals surface area contributed by atoms with Gasteiger partial charge in [0.15, 0.2) is 0 Å². The first-order chi connectivity index (χ1) is 10.1. The van der Waals surface area contributed by atoms with Gasteiger partial charge in [-0.15, -0.1) is 0 Å². The van der Waals surface area contributed by atoms with Crippen LogP contribution in [0, 0.1) is 0 Å². The Hall–Kier alpha value is -2.08. The largest absolute Gasteiger partial charge is 0.370 e. The predicted molar refractivity (Wildman–Crippen MR) is 85.0 cm³/mol. The first kappa shape index (κ1) is 15.3. The highest BCUT2D eigenvalue weighted by atomic mass is 32.2. The monoisotopic (exact) mass is 305 g/mol. The molecule has 0 unspecified atom stereocenters. The molecule has 0 saturated heterocycles. The first-order valence-corrected chi connectivity index (χ1v) is 8.31. The molecule has 6 heteroatoms. The summed E-state index contributed by atoms with van der Waals surface area (Å²) in [5.74, 6) is 0.558. The molecular weight excluding hydrogens is 286 g/mol. The summed E-state index contributed by atoms with van der Waals surface area (Å²) < 4.78 is 27.0. The van der Waals surface area contributed by atoms with Gasteiger partial charge in [-0.1, -0.05) is 18.2 Å². The van der Waals surface area contributed by atoms with E-state index in [2.05, 4.69) is 10.3 Å². The summed E-state index contributed by atoms with van der Waals surface area (Å²) in [6, 6.07) is 12.2. The lowest BCUT2D eigenvalue weighted by Gasteiger charge is -2.23. The highest BCUT2D eigenvalue weighted by molar-refractivity contribution is 7.92. The number of nitrogens with zero attached hydrogens (tertiary/aromatic N) is 2. The third-order valence-corrected chi connectivity index (χ3v) is 4.91. The van der Waals surface area contributed by atoms with Gasteiger partial charge in [0.2, 0.25) is 0 Å². The summed E-state index contributed by atoms with van der Waals surface area (Å²) in [6.07, 6.45) is 1.50. The molecule has 21 heavy (non-hydrogen) atoms. The van der Waals surface area contributed by atoms with Crippen molar-refractivity contribution in [2.24, 2.45) is 0 Å². The minimum atomic E-state index is -3.59. The molecule has 0 aliphatic rings. The fourth-order valence-electron chi connectivity index (χ4n) is 2.06. The lowest BCUT2D eigenvalue weighted by atomic mass is 10.3. The molecule has 1 heterocycles. The van der Waals surface area contributed by atoms with E-state index in [0.717, 1.165) is 0 Å². The van der Waals surface area contributed by atoms with E-state index in [0.29, 0.717) is 24.6 Å². The van der Waals surface area contributed by atoms with Crippen molar-refractivity contribution in [3.63, 3.8) is 0 Å². The number of anilines is 2. The summed E-state index contributed by atoms with van der Waals surface area (Å²) in [6.45, 7) is 4.81. The third kappa shape index (κ3) is 3.33. The molecule has 112 valence electrons. The molecule has 0 amide bonds. The van der Waals surface area contributed by atoms with Gasteiger partial charge < -0.3 is 5.32 Å². The van der Waals surface area contributed by atoms with Crippen LogP contribution in [-0.2, 0) is 10.0 Å². The Morgan fingerprint density at radius 2 is 1.86 bits per heavy atom. The maximum Gasteiger partial charge on any atom is 0.264 e. The molecule has 0 aliphatic carbocycles. The van der Waals surface area contributed by atoms with Gasteiger partial charge in [0, 0.05) is 25.4 Å². The summed E-state index contributed by atoms with van der Waals surface area (Å²) >= 11 is 0. The van der Waals surface area contributed by atoms with E-state index in [4.69, 9.17) is 0 Å². The van der Waals surface area contributed by atoms with Crippen molar-refractivity contribution in [1.29, 1.82) is 0 Å². The topological polar surface area (TPSA) is 62.3 Å².